The van der Waals surface area contributed by atoms with Crippen LogP contribution >= 0.6 is 0 Å². The van der Waals surface area contributed by atoms with Gasteiger partial charge >= 0.3 is 0 Å². The molecule has 1 aromatic rings. The third-order valence-electron chi connectivity index (χ3n) is 4.06. The summed E-state index contributed by atoms with van der Waals surface area (Å²) in [7, 11) is 1.53. The summed E-state index contributed by atoms with van der Waals surface area (Å²) >= 11 is 0. The summed E-state index contributed by atoms with van der Waals surface area (Å²) in [6.45, 7) is 2.49. The minimum atomic E-state index is -0.337. The number of carbonyl (C=O) groups is 1. The highest BCUT2D eigenvalue weighted by molar-refractivity contribution is 5.89. The molecule has 2 fully saturated rings. The summed E-state index contributed by atoms with van der Waals surface area (Å²) < 4.78 is 5.08. The largest absolute Gasteiger partial charge is 0.393 e. The number of aliphatic hydroxyl groups excluding tert-OH is 1. The van der Waals surface area contributed by atoms with Gasteiger partial charge in [-0.2, -0.15) is 4.98 Å². The molecule has 0 bridgehead atoms. The zero-order chi connectivity index (χ0) is 13.4. The third kappa shape index (κ3) is 2.48. The molecular formula is C12H18N4O3. The Labute approximate surface area is 111 Å². The highest BCUT2D eigenvalue weighted by atomic mass is 16.5. The minimum absolute atomic E-state index is 0.0762. The lowest BCUT2D eigenvalue weighted by molar-refractivity contribution is 0.0950. The maximum atomic E-state index is 11.3. The number of hydrogen-bond donors (Lipinski definition) is 2. The Morgan fingerprint density at radius 3 is 2.79 bits per heavy atom. The Morgan fingerprint density at radius 1 is 1.47 bits per heavy atom. The number of nitrogens with one attached hydrogen (secondary N) is 1. The van der Waals surface area contributed by atoms with Crippen molar-refractivity contribution in [3.05, 3.63) is 11.7 Å². The number of hydrogen-bond acceptors (Lipinski definition) is 6. The van der Waals surface area contributed by atoms with E-state index in [0.29, 0.717) is 24.3 Å². The highest BCUT2D eigenvalue weighted by Gasteiger charge is 2.40. The Bertz CT molecular complexity index is 461. The summed E-state index contributed by atoms with van der Waals surface area (Å²) in [4.78, 5) is 17.6. The third-order valence-corrected chi connectivity index (χ3v) is 4.06. The van der Waals surface area contributed by atoms with E-state index < -0.39 is 0 Å². The van der Waals surface area contributed by atoms with Gasteiger partial charge in [-0.15, -0.1) is 0 Å². The molecule has 0 spiro atoms. The smallest absolute Gasteiger partial charge is 0.292 e. The molecule has 3 rings (SSSR count). The zero-order valence-corrected chi connectivity index (χ0v) is 10.9. The Kier molecular flexibility index (Phi) is 3.24. The van der Waals surface area contributed by atoms with Crippen LogP contribution in [-0.4, -0.2) is 52.3 Å². The van der Waals surface area contributed by atoms with Crippen LogP contribution in [0.4, 0.5) is 0 Å². The maximum absolute atomic E-state index is 11.3. The summed E-state index contributed by atoms with van der Waals surface area (Å²) in [5, 5.41) is 15.7. The Morgan fingerprint density at radius 2 is 2.16 bits per heavy atom. The monoisotopic (exact) mass is 266 g/mol. The Hall–Kier alpha value is -1.47. The topological polar surface area (TPSA) is 91.5 Å². The fourth-order valence-electron chi connectivity index (χ4n) is 3.21. The van der Waals surface area contributed by atoms with E-state index in [0.717, 1.165) is 25.9 Å². The molecule has 2 N–H and O–H groups in total. The number of carbonyl (C=O) groups excluding carboxylic acids is 1. The molecule has 7 nitrogen and oxygen atoms in total. The quantitative estimate of drug-likeness (QED) is 0.775. The molecule has 7 heteroatoms. The average Bonchev–Trinajstić information content (AvgIpc) is 3.03. The van der Waals surface area contributed by atoms with Crippen LogP contribution < -0.4 is 5.32 Å². The van der Waals surface area contributed by atoms with Crippen molar-refractivity contribution in [3.63, 3.8) is 0 Å². The van der Waals surface area contributed by atoms with Crippen molar-refractivity contribution in [1.29, 1.82) is 0 Å². The minimum Gasteiger partial charge on any atom is -0.393 e. The normalized spacial score (nSPS) is 30.5. The van der Waals surface area contributed by atoms with E-state index in [1.807, 2.05) is 0 Å². The Balaban J connectivity index is 1.58. The predicted octanol–water partition coefficient (Wildman–Crippen LogP) is -0.368. The van der Waals surface area contributed by atoms with Crippen LogP contribution in [-0.2, 0) is 6.54 Å². The van der Waals surface area contributed by atoms with Crippen molar-refractivity contribution in [2.45, 2.75) is 25.5 Å². The second kappa shape index (κ2) is 4.90. The average molecular weight is 266 g/mol. The standard InChI is InChI=1S/C12H18N4O3/c1-13-12(18)11-14-10(19-15-11)6-16-4-7-2-9(17)3-8(7)5-16/h7-9,17H,2-6H2,1H3,(H,13,18)/t7-,8+,9?. The van der Waals surface area contributed by atoms with Crippen LogP contribution in [0.2, 0.25) is 0 Å². The number of aromatic nitrogens is 2. The summed E-state index contributed by atoms with van der Waals surface area (Å²) in [6.07, 6.45) is 1.67. The van der Waals surface area contributed by atoms with E-state index in [9.17, 15) is 9.90 Å². The lowest BCUT2D eigenvalue weighted by atomic mass is 10.0. The predicted molar refractivity (Wildman–Crippen MR) is 65.2 cm³/mol. The molecule has 1 saturated carbocycles. The number of rotatable bonds is 3. The van der Waals surface area contributed by atoms with Gasteiger partial charge in [0.2, 0.25) is 5.89 Å². The summed E-state index contributed by atoms with van der Waals surface area (Å²) in [5.41, 5.74) is 0. The van der Waals surface area contributed by atoms with E-state index in [1.54, 1.807) is 0 Å². The van der Waals surface area contributed by atoms with Gasteiger partial charge in [-0.3, -0.25) is 9.69 Å². The van der Waals surface area contributed by atoms with Crippen molar-refractivity contribution >= 4 is 5.91 Å². The molecule has 1 unspecified atom stereocenters. The molecule has 1 aromatic heterocycles. The van der Waals surface area contributed by atoms with Gasteiger partial charge in [0.05, 0.1) is 12.6 Å². The molecule has 1 amide bonds. The fourth-order valence-corrected chi connectivity index (χ4v) is 3.21. The molecule has 1 saturated heterocycles. The second-order valence-corrected chi connectivity index (χ2v) is 5.43. The zero-order valence-electron chi connectivity index (χ0n) is 10.9. The van der Waals surface area contributed by atoms with Crippen molar-refractivity contribution in [2.24, 2.45) is 11.8 Å². The highest BCUT2D eigenvalue weighted by Crippen LogP contribution is 2.38. The van der Waals surface area contributed by atoms with Gasteiger partial charge in [-0.1, -0.05) is 5.16 Å². The molecule has 1 aliphatic carbocycles. The molecule has 1 aliphatic heterocycles. The van der Waals surface area contributed by atoms with Gasteiger partial charge in [-0.05, 0) is 24.7 Å². The molecule has 0 radical (unpaired) electrons. The van der Waals surface area contributed by atoms with Gasteiger partial charge < -0.3 is 14.9 Å². The van der Waals surface area contributed by atoms with Crippen molar-refractivity contribution in [3.8, 4) is 0 Å². The number of aliphatic hydroxyl groups is 1. The van der Waals surface area contributed by atoms with Gasteiger partial charge in [0.1, 0.15) is 0 Å². The van der Waals surface area contributed by atoms with E-state index >= 15 is 0 Å². The molecule has 2 aliphatic rings. The van der Waals surface area contributed by atoms with Crippen LogP contribution in [0.3, 0.4) is 0 Å². The molecule has 0 aromatic carbocycles. The van der Waals surface area contributed by atoms with Crippen LogP contribution in [0.1, 0.15) is 29.4 Å². The molecular weight excluding hydrogens is 248 g/mol. The van der Waals surface area contributed by atoms with Gasteiger partial charge in [0.15, 0.2) is 0 Å². The van der Waals surface area contributed by atoms with Crippen molar-refractivity contribution in [1.82, 2.24) is 20.4 Å². The number of nitrogens with zero attached hydrogens (tertiary/aromatic N) is 3. The number of likely N-dealkylation sites (tertiary alicyclic amines) is 1. The van der Waals surface area contributed by atoms with E-state index in [2.05, 4.69) is 20.4 Å². The van der Waals surface area contributed by atoms with Crippen LogP contribution in [0.15, 0.2) is 4.52 Å². The fraction of sp³-hybridized carbons (Fsp3) is 0.750. The van der Waals surface area contributed by atoms with Crippen LogP contribution in [0, 0.1) is 11.8 Å². The SMILES string of the molecule is CNC(=O)c1noc(CN2C[C@H]3CC(O)C[C@H]3C2)n1. The van der Waals surface area contributed by atoms with E-state index in [1.165, 1.54) is 7.05 Å². The lowest BCUT2D eigenvalue weighted by Gasteiger charge is -2.14. The number of fused-ring (bicyclic) bond motifs is 1. The second-order valence-electron chi connectivity index (χ2n) is 5.43. The molecule has 19 heavy (non-hydrogen) atoms. The maximum Gasteiger partial charge on any atom is 0.292 e. The first-order valence-corrected chi connectivity index (χ1v) is 6.60. The molecule has 104 valence electrons. The molecule has 3 atom stereocenters. The van der Waals surface area contributed by atoms with Crippen LogP contribution in [0.5, 0.6) is 0 Å². The van der Waals surface area contributed by atoms with E-state index in [-0.39, 0.29) is 17.8 Å². The first-order chi connectivity index (χ1) is 9.15. The van der Waals surface area contributed by atoms with Crippen molar-refractivity contribution < 1.29 is 14.4 Å². The first kappa shape index (κ1) is 12.6. The van der Waals surface area contributed by atoms with E-state index in [4.69, 9.17) is 4.52 Å². The van der Waals surface area contributed by atoms with Gasteiger partial charge in [0, 0.05) is 20.1 Å². The molecule has 2 heterocycles. The van der Waals surface area contributed by atoms with Crippen molar-refractivity contribution in [2.75, 3.05) is 20.1 Å². The van der Waals surface area contributed by atoms with Gasteiger partial charge in [0.25, 0.3) is 11.7 Å². The summed E-state index contributed by atoms with van der Waals surface area (Å²) in [5.74, 6) is 1.37. The number of amides is 1. The van der Waals surface area contributed by atoms with Gasteiger partial charge in [-0.25, -0.2) is 0 Å². The van der Waals surface area contributed by atoms with Crippen LogP contribution in [0.25, 0.3) is 0 Å². The lowest BCUT2D eigenvalue weighted by Crippen LogP contribution is -2.23. The first-order valence-electron chi connectivity index (χ1n) is 6.60. The summed E-state index contributed by atoms with van der Waals surface area (Å²) in [6, 6.07) is 0.